The highest BCUT2D eigenvalue weighted by Crippen LogP contribution is 2.17. The molecule has 1 aliphatic rings. The summed E-state index contributed by atoms with van der Waals surface area (Å²) in [5.41, 5.74) is 0. The first-order chi connectivity index (χ1) is 5.66. The van der Waals surface area contributed by atoms with Crippen LogP contribution in [0.3, 0.4) is 0 Å². The van der Waals surface area contributed by atoms with Crippen LogP contribution in [-0.2, 0) is 4.74 Å². The molecule has 1 aliphatic heterocycles. The van der Waals surface area contributed by atoms with E-state index in [1.54, 1.807) is 0 Å². The lowest BCUT2D eigenvalue weighted by Crippen LogP contribution is -2.53. The van der Waals surface area contributed by atoms with Crippen molar-refractivity contribution in [2.24, 2.45) is 0 Å². The molecule has 5 heteroatoms. The van der Waals surface area contributed by atoms with Crippen molar-refractivity contribution in [3.63, 3.8) is 0 Å². The molecule has 0 amide bonds. The van der Waals surface area contributed by atoms with Crippen LogP contribution in [0.4, 0.5) is 0 Å². The van der Waals surface area contributed by atoms with Crippen LogP contribution >= 0.6 is 0 Å². The van der Waals surface area contributed by atoms with Gasteiger partial charge in [-0.05, 0) is 6.42 Å². The zero-order valence-corrected chi connectivity index (χ0v) is 6.63. The lowest BCUT2D eigenvalue weighted by atomic mass is 9.98. The lowest BCUT2D eigenvalue weighted by Gasteiger charge is -2.34. The Bertz CT molecular complexity index is 140. The van der Waals surface area contributed by atoms with Crippen molar-refractivity contribution in [3.05, 3.63) is 0 Å². The Labute approximate surface area is 70.2 Å². The van der Waals surface area contributed by atoms with Crippen molar-refractivity contribution in [1.29, 1.82) is 0 Å². The third-order valence-corrected chi connectivity index (χ3v) is 2.02. The summed E-state index contributed by atoms with van der Waals surface area (Å²) in [4.78, 5) is 0. The molecule has 1 saturated heterocycles. The van der Waals surface area contributed by atoms with E-state index in [9.17, 15) is 10.2 Å². The first-order valence-corrected chi connectivity index (χ1v) is 3.93. The van der Waals surface area contributed by atoms with Gasteiger partial charge in [-0.1, -0.05) is 0 Å². The molecule has 0 aliphatic carbocycles. The van der Waals surface area contributed by atoms with Crippen LogP contribution in [0.5, 0.6) is 0 Å². The third kappa shape index (κ3) is 1.94. The molecule has 1 fully saturated rings. The summed E-state index contributed by atoms with van der Waals surface area (Å²) in [6.45, 7) is -0.104. The van der Waals surface area contributed by atoms with Crippen molar-refractivity contribution < 1.29 is 25.2 Å². The van der Waals surface area contributed by atoms with E-state index in [1.165, 1.54) is 0 Å². The van der Waals surface area contributed by atoms with E-state index < -0.39 is 24.4 Å². The molecule has 72 valence electrons. The number of aliphatic hydroxyl groups excluding tert-OH is 4. The highest BCUT2D eigenvalue weighted by Gasteiger charge is 2.36. The fourth-order valence-electron chi connectivity index (χ4n) is 1.25. The first-order valence-electron chi connectivity index (χ1n) is 3.93. The molecule has 0 aromatic carbocycles. The molecule has 4 N–H and O–H groups in total. The number of rotatable bonds is 2. The van der Waals surface area contributed by atoms with Crippen molar-refractivity contribution in [3.8, 4) is 0 Å². The van der Waals surface area contributed by atoms with Gasteiger partial charge in [-0.3, -0.25) is 0 Å². The second kappa shape index (κ2) is 4.15. The van der Waals surface area contributed by atoms with E-state index in [2.05, 4.69) is 0 Å². The third-order valence-electron chi connectivity index (χ3n) is 2.02. The molecule has 1 heterocycles. The van der Waals surface area contributed by atoms with Crippen LogP contribution in [0.15, 0.2) is 0 Å². The molecule has 0 bridgehead atoms. The summed E-state index contributed by atoms with van der Waals surface area (Å²) in [5, 5.41) is 36.1. The number of hydrogen-bond donors (Lipinski definition) is 4. The maximum atomic E-state index is 9.29. The predicted octanol–water partition coefficient (Wildman–Crippen LogP) is -2.15. The highest BCUT2D eigenvalue weighted by atomic mass is 16.5. The molecule has 0 saturated carbocycles. The predicted molar refractivity (Wildman–Crippen MR) is 39.5 cm³/mol. The van der Waals surface area contributed by atoms with E-state index in [-0.39, 0.29) is 19.6 Å². The van der Waals surface area contributed by atoms with Gasteiger partial charge in [-0.25, -0.2) is 0 Å². The van der Waals surface area contributed by atoms with Gasteiger partial charge < -0.3 is 25.2 Å². The molecular weight excluding hydrogens is 164 g/mol. The van der Waals surface area contributed by atoms with E-state index in [0.717, 1.165) is 0 Å². The maximum Gasteiger partial charge on any atom is 0.111 e. The second-order valence-electron chi connectivity index (χ2n) is 2.93. The van der Waals surface area contributed by atoms with Crippen LogP contribution in [0.2, 0.25) is 0 Å². The summed E-state index contributed by atoms with van der Waals surface area (Å²) in [7, 11) is 0. The minimum absolute atomic E-state index is 0.00287. The summed E-state index contributed by atoms with van der Waals surface area (Å²) < 4.78 is 4.99. The molecule has 4 atom stereocenters. The Morgan fingerprint density at radius 3 is 2.42 bits per heavy atom. The molecule has 0 aromatic rings. The van der Waals surface area contributed by atoms with E-state index in [0.29, 0.717) is 0 Å². The van der Waals surface area contributed by atoms with Gasteiger partial charge in [0.15, 0.2) is 0 Å². The van der Waals surface area contributed by atoms with E-state index in [4.69, 9.17) is 14.9 Å². The molecule has 5 nitrogen and oxygen atoms in total. The van der Waals surface area contributed by atoms with Gasteiger partial charge in [0, 0.05) is 6.61 Å². The highest BCUT2D eigenvalue weighted by molar-refractivity contribution is 4.86. The average Bonchev–Trinajstić information content (AvgIpc) is 2.07. The van der Waals surface area contributed by atoms with Crippen molar-refractivity contribution in [1.82, 2.24) is 0 Å². The van der Waals surface area contributed by atoms with Gasteiger partial charge in [0.1, 0.15) is 18.3 Å². The minimum Gasteiger partial charge on any atom is -0.396 e. The molecule has 0 aromatic heterocycles. The molecule has 12 heavy (non-hydrogen) atoms. The van der Waals surface area contributed by atoms with E-state index in [1.807, 2.05) is 0 Å². The fourth-order valence-corrected chi connectivity index (χ4v) is 1.25. The minimum atomic E-state index is -1.17. The normalized spacial score (nSPS) is 43.0. The zero-order valence-electron chi connectivity index (χ0n) is 6.63. The van der Waals surface area contributed by atoms with Gasteiger partial charge in [0.05, 0.1) is 12.7 Å². The molecular formula is C7H14O5. The van der Waals surface area contributed by atoms with Crippen molar-refractivity contribution in [2.75, 3.05) is 13.2 Å². The smallest absolute Gasteiger partial charge is 0.111 e. The van der Waals surface area contributed by atoms with Crippen molar-refractivity contribution in [2.45, 2.75) is 30.8 Å². The van der Waals surface area contributed by atoms with Crippen LogP contribution in [0, 0.1) is 0 Å². The summed E-state index contributed by atoms with van der Waals surface area (Å²) in [5.74, 6) is 0. The number of aliphatic hydroxyl groups is 4. The largest absolute Gasteiger partial charge is 0.396 e. The first kappa shape index (κ1) is 9.88. The Kier molecular flexibility index (Phi) is 3.42. The topological polar surface area (TPSA) is 90.2 Å². The Balaban J connectivity index is 2.46. The quantitative estimate of drug-likeness (QED) is 0.387. The number of hydrogen-bond acceptors (Lipinski definition) is 5. The van der Waals surface area contributed by atoms with Gasteiger partial charge >= 0.3 is 0 Å². The Hall–Kier alpha value is -0.200. The summed E-state index contributed by atoms with van der Waals surface area (Å²) in [6, 6.07) is 0. The zero-order chi connectivity index (χ0) is 9.14. The SMILES string of the molecule is OCCC1OCC(O)C(O)[C@@H]1O. The lowest BCUT2D eigenvalue weighted by molar-refractivity contribution is -0.189. The Morgan fingerprint density at radius 1 is 1.17 bits per heavy atom. The van der Waals surface area contributed by atoms with Crippen LogP contribution in [-0.4, -0.2) is 58.1 Å². The maximum absolute atomic E-state index is 9.29. The summed E-state index contributed by atoms with van der Waals surface area (Å²) in [6.07, 6.45) is -3.62. The summed E-state index contributed by atoms with van der Waals surface area (Å²) >= 11 is 0. The van der Waals surface area contributed by atoms with Crippen LogP contribution in [0.25, 0.3) is 0 Å². The van der Waals surface area contributed by atoms with Gasteiger partial charge in [0.25, 0.3) is 0 Å². The van der Waals surface area contributed by atoms with Crippen LogP contribution in [0.1, 0.15) is 6.42 Å². The van der Waals surface area contributed by atoms with Gasteiger partial charge in [-0.2, -0.15) is 0 Å². The molecule has 1 rings (SSSR count). The standard InChI is InChI=1S/C7H14O5/c8-2-1-5-7(11)6(10)4(9)3-12-5/h4-11H,1-3H2/t4?,5?,6?,7-/m1/s1. The second-order valence-corrected chi connectivity index (χ2v) is 2.93. The monoisotopic (exact) mass is 178 g/mol. The molecule has 0 spiro atoms. The Morgan fingerprint density at radius 2 is 1.83 bits per heavy atom. The van der Waals surface area contributed by atoms with Gasteiger partial charge in [0.2, 0.25) is 0 Å². The number of ether oxygens (including phenoxy) is 1. The fraction of sp³-hybridized carbons (Fsp3) is 1.00. The molecule has 0 radical (unpaired) electrons. The van der Waals surface area contributed by atoms with Crippen molar-refractivity contribution >= 4 is 0 Å². The average molecular weight is 178 g/mol. The van der Waals surface area contributed by atoms with E-state index >= 15 is 0 Å². The van der Waals surface area contributed by atoms with Crippen LogP contribution < -0.4 is 0 Å². The van der Waals surface area contributed by atoms with Gasteiger partial charge in [-0.15, -0.1) is 0 Å². The molecule has 3 unspecified atom stereocenters.